The topological polar surface area (TPSA) is 72.6 Å². The number of nitrogens with two attached hydrogens (primary N) is 1. The monoisotopic (exact) mass is 245 g/mol. The number of hydrogen-bond donors (Lipinski definition) is 2. The van der Waals surface area contributed by atoms with Crippen LogP contribution in [0.4, 0.5) is 0 Å². The Bertz CT molecular complexity index is 580. The molecule has 0 aliphatic rings. The van der Waals surface area contributed by atoms with Gasteiger partial charge in [-0.1, -0.05) is 30.3 Å². The van der Waals surface area contributed by atoms with Crippen molar-refractivity contribution in [1.29, 1.82) is 0 Å². The normalized spacial score (nSPS) is 12.3. The number of carbonyl (C=O) groups excluding carboxylic acids is 1. The molecule has 0 bridgehead atoms. The number of fused-ring (bicyclic) bond motifs is 1. The second-order valence-corrected chi connectivity index (χ2v) is 4.08. The lowest BCUT2D eigenvalue weighted by atomic mass is 10.0. The number of ether oxygens (including phenoxy) is 1. The summed E-state index contributed by atoms with van der Waals surface area (Å²) in [6.45, 7) is 1.43. The van der Waals surface area contributed by atoms with Gasteiger partial charge in [0, 0.05) is 5.56 Å². The number of amides is 1. The average molecular weight is 245 g/mol. The molecule has 18 heavy (non-hydrogen) atoms. The standard InChI is InChI=1S/C14H15NO3/c1-9(14(15)17)18-13-7-6-10-4-2-3-5-11(10)12(13)8-16/h2-7,9,16H,8H2,1H3,(H2,15,17). The van der Waals surface area contributed by atoms with Gasteiger partial charge < -0.3 is 15.6 Å². The molecule has 0 saturated heterocycles. The number of aliphatic hydroxyl groups excluding tert-OH is 1. The van der Waals surface area contributed by atoms with Crippen molar-refractivity contribution in [2.45, 2.75) is 19.6 Å². The summed E-state index contributed by atoms with van der Waals surface area (Å²) in [6, 6.07) is 11.3. The van der Waals surface area contributed by atoms with Gasteiger partial charge in [0.1, 0.15) is 5.75 Å². The van der Waals surface area contributed by atoms with Gasteiger partial charge in [-0.05, 0) is 23.8 Å². The van der Waals surface area contributed by atoms with E-state index in [-0.39, 0.29) is 6.61 Å². The SMILES string of the molecule is CC(Oc1ccc2ccccc2c1CO)C(N)=O. The summed E-state index contributed by atoms with van der Waals surface area (Å²) in [7, 11) is 0. The van der Waals surface area contributed by atoms with Crippen LogP contribution >= 0.6 is 0 Å². The number of hydrogen-bond acceptors (Lipinski definition) is 3. The highest BCUT2D eigenvalue weighted by atomic mass is 16.5. The first-order valence-electron chi connectivity index (χ1n) is 5.71. The Morgan fingerprint density at radius 3 is 2.72 bits per heavy atom. The molecule has 1 amide bonds. The molecule has 1 atom stereocenters. The molecule has 3 N–H and O–H groups in total. The Morgan fingerprint density at radius 2 is 2.06 bits per heavy atom. The van der Waals surface area contributed by atoms with Crippen LogP contribution in [0.1, 0.15) is 12.5 Å². The lowest BCUT2D eigenvalue weighted by molar-refractivity contribution is -0.124. The third-order valence-electron chi connectivity index (χ3n) is 2.86. The van der Waals surface area contributed by atoms with Gasteiger partial charge >= 0.3 is 0 Å². The molecule has 4 heteroatoms. The molecule has 0 aliphatic carbocycles. The molecule has 1 unspecified atom stereocenters. The van der Waals surface area contributed by atoms with E-state index in [4.69, 9.17) is 10.5 Å². The molecule has 2 aromatic rings. The van der Waals surface area contributed by atoms with Crippen LogP contribution < -0.4 is 10.5 Å². The molecule has 2 aromatic carbocycles. The third kappa shape index (κ3) is 2.28. The summed E-state index contributed by atoms with van der Waals surface area (Å²) in [4.78, 5) is 11.0. The van der Waals surface area contributed by atoms with Gasteiger partial charge in [0.05, 0.1) is 6.61 Å². The zero-order chi connectivity index (χ0) is 13.1. The molecule has 0 spiro atoms. The van der Waals surface area contributed by atoms with E-state index >= 15 is 0 Å². The minimum absolute atomic E-state index is 0.151. The minimum atomic E-state index is -0.725. The molecular weight excluding hydrogens is 230 g/mol. The Balaban J connectivity index is 2.48. The molecule has 2 rings (SSSR count). The maximum atomic E-state index is 11.0. The second kappa shape index (κ2) is 5.06. The first-order chi connectivity index (χ1) is 8.63. The largest absolute Gasteiger partial charge is 0.481 e. The fraction of sp³-hybridized carbons (Fsp3) is 0.214. The number of carbonyl (C=O) groups is 1. The fourth-order valence-electron chi connectivity index (χ4n) is 1.84. The van der Waals surface area contributed by atoms with Crippen molar-refractivity contribution in [2.75, 3.05) is 0 Å². The second-order valence-electron chi connectivity index (χ2n) is 4.08. The Hall–Kier alpha value is -2.07. The van der Waals surface area contributed by atoms with Gasteiger partial charge in [-0.15, -0.1) is 0 Å². The maximum absolute atomic E-state index is 11.0. The first kappa shape index (κ1) is 12.4. The predicted molar refractivity (Wildman–Crippen MR) is 69.2 cm³/mol. The third-order valence-corrected chi connectivity index (χ3v) is 2.86. The smallest absolute Gasteiger partial charge is 0.258 e. The van der Waals surface area contributed by atoms with E-state index in [0.717, 1.165) is 10.8 Å². The Kier molecular flexibility index (Phi) is 3.48. The molecule has 0 fully saturated rings. The van der Waals surface area contributed by atoms with E-state index in [2.05, 4.69) is 0 Å². The van der Waals surface area contributed by atoms with Crippen LogP contribution in [0.2, 0.25) is 0 Å². The molecule has 0 aliphatic heterocycles. The highest BCUT2D eigenvalue weighted by Gasteiger charge is 2.14. The van der Waals surface area contributed by atoms with E-state index in [1.54, 1.807) is 13.0 Å². The van der Waals surface area contributed by atoms with Gasteiger partial charge in [0.15, 0.2) is 6.10 Å². The van der Waals surface area contributed by atoms with Crippen molar-refractivity contribution < 1.29 is 14.6 Å². The van der Waals surface area contributed by atoms with Gasteiger partial charge in [-0.2, -0.15) is 0 Å². The molecule has 0 aromatic heterocycles. The van der Waals surface area contributed by atoms with Crippen LogP contribution in [-0.2, 0) is 11.4 Å². The van der Waals surface area contributed by atoms with Crippen molar-refractivity contribution in [3.63, 3.8) is 0 Å². The fourth-order valence-corrected chi connectivity index (χ4v) is 1.84. The molecular formula is C14H15NO3. The van der Waals surface area contributed by atoms with E-state index in [1.807, 2.05) is 30.3 Å². The number of aliphatic hydroxyl groups is 1. The van der Waals surface area contributed by atoms with Gasteiger partial charge in [-0.25, -0.2) is 0 Å². The Labute approximate surface area is 105 Å². The van der Waals surface area contributed by atoms with Crippen LogP contribution in [0, 0.1) is 0 Å². The lowest BCUT2D eigenvalue weighted by Crippen LogP contribution is -2.30. The quantitative estimate of drug-likeness (QED) is 0.859. The van der Waals surface area contributed by atoms with Crippen molar-refractivity contribution in [3.8, 4) is 5.75 Å². The summed E-state index contributed by atoms with van der Waals surface area (Å²) in [5.41, 5.74) is 5.83. The van der Waals surface area contributed by atoms with Gasteiger partial charge in [-0.3, -0.25) is 4.79 Å². The van der Waals surface area contributed by atoms with Crippen LogP contribution in [0.3, 0.4) is 0 Å². The Morgan fingerprint density at radius 1 is 1.33 bits per heavy atom. The maximum Gasteiger partial charge on any atom is 0.258 e. The number of rotatable bonds is 4. The summed E-state index contributed by atoms with van der Waals surface area (Å²) >= 11 is 0. The van der Waals surface area contributed by atoms with Crippen LogP contribution in [-0.4, -0.2) is 17.1 Å². The number of benzene rings is 2. The highest BCUT2D eigenvalue weighted by molar-refractivity contribution is 5.88. The number of primary amides is 1. The van der Waals surface area contributed by atoms with Crippen molar-refractivity contribution >= 4 is 16.7 Å². The summed E-state index contributed by atoms with van der Waals surface area (Å²) < 4.78 is 5.47. The van der Waals surface area contributed by atoms with Crippen molar-refractivity contribution in [3.05, 3.63) is 42.0 Å². The zero-order valence-corrected chi connectivity index (χ0v) is 10.1. The van der Waals surface area contributed by atoms with Gasteiger partial charge in [0.25, 0.3) is 5.91 Å². The molecule has 4 nitrogen and oxygen atoms in total. The molecule has 0 saturated carbocycles. The molecule has 0 heterocycles. The van der Waals surface area contributed by atoms with E-state index in [9.17, 15) is 9.90 Å². The predicted octanol–water partition coefficient (Wildman–Crippen LogP) is 1.58. The van der Waals surface area contributed by atoms with Crippen molar-refractivity contribution in [1.82, 2.24) is 0 Å². The van der Waals surface area contributed by atoms with Crippen LogP contribution in [0.25, 0.3) is 10.8 Å². The summed E-state index contributed by atoms with van der Waals surface area (Å²) in [6.07, 6.45) is -0.725. The zero-order valence-electron chi connectivity index (χ0n) is 10.1. The van der Waals surface area contributed by atoms with E-state index in [1.165, 1.54) is 0 Å². The van der Waals surface area contributed by atoms with E-state index < -0.39 is 12.0 Å². The van der Waals surface area contributed by atoms with Crippen LogP contribution in [0.15, 0.2) is 36.4 Å². The van der Waals surface area contributed by atoms with Crippen molar-refractivity contribution in [2.24, 2.45) is 5.73 Å². The minimum Gasteiger partial charge on any atom is -0.481 e. The summed E-state index contributed by atoms with van der Waals surface area (Å²) in [5.74, 6) is -0.0467. The van der Waals surface area contributed by atoms with Crippen LogP contribution in [0.5, 0.6) is 5.75 Å². The van der Waals surface area contributed by atoms with E-state index in [0.29, 0.717) is 11.3 Å². The van der Waals surface area contributed by atoms with Gasteiger partial charge in [0.2, 0.25) is 0 Å². The highest BCUT2D eigenvalue weighted by Crippen LogP contribution is 2.28. The molecule has 94 valence electrons. The molecule has 0 radical (unpaired) electrons. The lowest BCUT2D eigenvalue weighted by Gasteiger charge is -2.15. The first-order valence-corrected chi connectivity index (χ1v) is 5.71. The summed E-state index contributed by atoms with van der Waals surface area (Å²) in [5, 5.41) is 11.4. The average Bonchev–Trinajstić information content (AvgIpc) is 2.38.